The molecule has 0 aliphatic heterocycles. The van der Waals surface area contributed by atoms with Gasteiger partial charge in [0.05, 0.1) is 12.6 Å². The van der Waals surface area contributed by atoms with E-state index in [0.29, 0.717) is 12.5 Å². The van der Waals surface area contributed by atoms with Crippen LogP contribution in [0.2, 0.25) is 0 Å². The number of aliphatic hydroxyl groups excluding tert-OH is 1. The summed E-state index contributed by atoms with van der Waals surface area (Å²) in [4.78, 5) is 4.01. The first-order valence-corrected chi connectivity index (χ1v) is 5.45. The number of aryl methyl sites for hydroxylation is 1. The molecule has 0 amide bonds. The fourth-order valence-corrected chi connectivity index (χ4v) is 1.29. The zero-order valence-corrected chi connectivity index (χ0v) is 12.5. The maximum Gasteiger partial charge on any atom is 0.193 e. The van der Waals surface area contributed by atoms with Gasteiger partial charge in [0, 0.05) is 5.69 Å². The zero-order chi connectivity index (χ0) is 12.0. The summed E-state index contributed by atoms with van der Waals surface area (Å²) < 4.78 is 0. The second-order valence-corrected chi connectivity index (χ2v) is 3.75. The number of guanidine groups is 1. The molecule has 4 N–H and O–H groups in total. The van der Waals surface area contributed by atoms with E-state index < -0.39 is 6.10 Å². The Balaban J connectivity index is 0.00000256. The highest BCUT2D eigenvalue weighted by molar-refractivity contribution is 14.0. The monoisotopic (exact) mass is 349 g/mol. The number of aliphatic imine (C=N–C) groups is 1. The van der Waals surface area contributed by atoms with Crippen LogP contribution in [-0.2, 0) is 6.42 Å². The molecule has 0 aliphatic rings. The smallest absolute Gasteiger partial charge is 0.193 e. The van der Waals surface area contributed by atoms with Crippen molar-refractivity contribution in [2.24, 2.45) is 10.7 Å². The molecular formula is C12H20IN3O. The molecule has 0 heterocycles. The first-order chi connectivity index (χ1) is 7.61. The Morgan fingerprint density at radius 1 is 1.53 bits per heavy atom. The lowest BCUT2D eigenvalue weighted by Gasteiger charge is -2.07. The summed E-state index contributed by atoms with van der Waals surface area (Å²) in [6, 6.07) is 8.01. The number of benzene rings is 1. The van der Waals surface area contributed by atoms with E-state index in [4.69, 9.17) is 10.8 Å². The Bertz CT molecular complexity index is 367. The van der Waals surface area contributed by atoms with Crippen molar-refractivity contribution in [1.82, 2.24) is 0 Å². The maximum absolute atomic E-state index is 9.06. The van der Waals surface area contributed by atoms with Crippen LogP contribution in [-0.4, -0.2) is 23.7 Å². The Kier molecular flexibility index (Phi) is 7.90. The van der Waals surface area contributed by atoms with Gasteiger partial charge in [-0.05, 0) is 31.0 Å². The van der Waals surface area contributed by atoms with Crippen molar-refractivity contribution in [2.45, 2.75) is 26.4 Å². The lowest BCUT2D eigenvalue weighted by atomic mass is 10.1. The molecule has 0 radical (unpaired) electrons. The van der Waals surface area contributed by atoms with E-state index in [1.165, 1.54) is 5.56 Å². The molecule has 0 aliphatic carbocycles. The van der Waals surface area contributed by atoms with Crippen molar-refractivity contribution in [3.8, 4) is 0 Å². The zero-order valence-electron chi connectivity index (χ0n) is 10.2. The molecule has 0 fully saturated rings. The summed E-state index contributed by atoms with van der Waals surface area (Å²) in [5.74, 6) is 0.328. The first-order valence-electron chi connectivity index (χ1n) is 5.45. The van der Waals surface area contributed by atoms with Crippen molar-refractivity contribution in [3.63, 3.8) is 0 Å². The molecule has 96 valence electrons. The van der Waals surface area contributed by atoms with E-state index in [2.05, 4.69) is 23.3 Å². The summed E-state index contributed by atoms with van der Waals surface area (Å²) >= 11 is 0. The summed E-state index contributed by atoms with van der Waals surface area (Å²) in [5.41, 5.74) is 7.84. The van der Waals surface area contributed by atoms with E-state index in [1.54, 1.807) is 6.92 Å². The molecule has 1 aromatic rings. The van der Waals surface area contributed by atoms with Gasteiger partial charge in [-0.15, -0.1) is 24.0 Å². The third kappa shape index (κ3) is 6.48. The molecule has 1 rings (SSSR count). The van der Waals surface area contributed by atoms with E-state index in [9.17, 15) is 0 Å². The average Bonchev–Trinajstić information content (AvgIpc) is 2.26. The summed E-state index contributed by atoms with van der Waals surface area (Å²) in [6.07, 6.45) is 0.516. The third-order valence-electron chi connectivity index (χ3n) is 2.13. The van der Waals surface area contributed by atoms with E-state index in [1.807, 2.05) is 18.2 Å². The molecule has 0 saturated carbocycles. The minimum absolute atomic E-state index is 0. The molecule has 4 nitrogen and oxygen atoms in total. The van der Waals surface area contributed by atoms with Crippen LogP contribution >= 0.6 is 24.0 Å². The van der Waals surface area contributed by atoms with Gasteiger partial charge in [0.2, 0.25) is 0 Å². The molecule has 1 aromatic carbocycles. The molecule has 5 heteroatoms. The molecule has 1 unspecified atom stereocenters. The number of rotatable bonds is 4. The largest absolute Gasteiger partial charge is 0.391 e. The average molecular weight is 349 g/mol. The van der Waals surface area contributed by atoms with Gasteiger partial charge in [0.25, 0.3) is 0 Å². The Morgan fingerprint density at radius 2 is 2.24 bits per heavy atom. The van der Waals surface area contributed by atoms with E-state index in [0.717, 1.165) is 12.1 Å². The maximum atomic E-state index is 9.06. The van der Waals surface area contributed by atoms with E-state index >= 15 is 0 Å². The van der Waals surface area contributed by atoms with Gasteiger partial charge in [-0.1, -0.05) is 19.1 Å². The molecule has 0 aromatic heterocycles. The minimum Gasteiger partial charge on any atom is -0.391 e. The van der Waals surface area contributed by atoms with Gasteiger partial charge in [-0.25, -0.2) is 0 Å². The van der Waals surface area contributed by atoms with Crippen LogP contribution in [0.5, 0.6) is 0 Å². The number of nitrogens with zero attached hydrogens (tertiary/aromatic N) is 1. The van der Waals surface area contributed by atoms with Crippen LogP contribution in [0, 0.1) is 0 Å². The van der Waals surface area contributed by atoms with Gasteiger partial charge >= 0.3 is 0 Å². The van der Waals surface area contributed by atoms with Crippen LogP contribution < -0.4 is 11.1 Å². The van der Waals surface area contributed by atoms with Gasteiger partial charge in [0.1, 0.15) is 0 Å². The van der Waals surface area contributed by atoms with Crippen LogP contribution in [0.4, 0.5) is 5.69 Å². The normalized spacial score (nSPS) is 12.8. The highest BCUT2D eigenvalue weighted by Gasteiger charge is 1.97. The Morgan fingerprint density at radius 3 is 2.82 bits per heavy atom. The summed E-state index contributed by atoms with van der Waals surface area (Å²) in [6.45, 7) is 4.09. The quantitative estimate of drug-likeness (QED) is 0.442. The molecule has 17 heavy (non-hydrogen) atoms. The predicted octanol–water partition coefficient (Wildman–Crippen LogP) is 1.97. The number of hydrogen-bond acceptors (Lipinski definition) is 2. The van der Waals surface area contributed by atoms with Gasteiger partial charge < -0.3 is 16.2 Å². The minimum atomic E-state index is -0.470. The van der Waals surface area contributed by atoms with Crippen molar-refractivity contribution >= 4 is 35.6 Å². The fraction of sp³-hybridized carbons (Fsp3) is 0.417. The molecule has 1 atom stereocenters. The lowest BCUT2D eigenvalue weighted by molar-refractivity contribution is 0.204. The number of halogens is 1. The number of anilines is 1. The van der Waals surface area contributed by atoms with Gasteiger partial charge in [-0.3, -0.25) is 4.99 Å². The van der Waals surface area contributed by atoms with Gasteiger partial charge in [0.15, 0.2) is 5.96 Å². The van der Waals surface area contributed by atoms with Crippen LogP contribution in [0.3, 0.4) is 0 Å². The first kappa shape index (κ1) is 16.2. The van der Waals surface area contributed by atoms with Crippen molar-refractivity contribution in [2.75, 3.05) is 11.9 Å². The topological polar surface area (TPSA) is 70.6 Å². The summed E-state index contributed by atoms with van der Waals surface area (Å²) in [7, 11) is 0. The van der Waals surface area contributed by atoms with Crippen molar-refractivity contribution in [3.05, 3.63) is 29.8 Å². The second kappa shape index (κ2) is 8.30. The van der Waals surface area contributed by atoms with Crippen molar-refractivity contribution < 1.29 is 5.11 Å². The Labute approximate surface area is 119 Å². The Hall–Kier alpha value is -0.820. The SMILES string of the molecule is CCc1cccc(NC(N)=NCC(C)O)c1.I. The van der Waals surface area contributed by atoms with Crippen LogP contribution in [0.25, 0.3) is 0 Å². The lowest BCUT2D eigenvalue weighted by Crippen LogP contribution is -2.24. The number of hydrogen-bond donors (Lipinski definition) is 3. The number of aliphatic hydroxyl groups is 1. The van der Waals surface area contributed by atoms with Gasteiger partial charge in [-0.2, -0.15) is 0 Å². The highest BCUT2D eigenvalue weighted by Crippen LogP contribution is 2.10. The second-order valence-electron chi connectivity index (χ2n) is 3.75. The van der Waals surface area contributed by atoms with E-state index in [-0.39, 0.29) is 24.0 Å². The number of nitrogens with one attached hydrogen (secondary N) is 1. The molecule has 0 saturated heterocycles. The summed E-state index contributed by atoms with van der Waals surface area (Å²) in [5, 5.41) is 12.0. The van der Waals surface area contributed by atoms with Crippen molar-refractivity contribution in [1.29, 1.82) is 0 Å². The third-order valence-corrected chi connectivity index (χ3v) is 2.13. The standard InChI is InChI=1S/C12H19N3O.HI/c1-3-10-5-4-6-11(7-10)15-12(13)14-8-9(2)16;/h4-7,9,16H,3,8H2,1-2H3,(H3,13,14,15);1H. The van der Waals surface area contributed by atoms with Crippen LogP contribution in [0.1, 0.15) is 19.4 Å². The predicted molar refractivity (Wildman–Crippen MR) is 83.0 cm³/mol. The number of nitrogens with two attached hydrogens (primary N) is 1. The highest BCUT2D eigenvalue weighted by atomic mass is 127. The van der Waals surface area contributed by atoms with Crippen LogP contribution in [0.15, 0.2) is 29.3 Å². The molecular weight excluding hydrogens is 329 g/mol. The molecule has 0 bridgehead atoms. The molecule has 0 spiro atoms. The fourth-order valence-electron chi connectivity index (χ4n) is 1.29.